The summed E-state index contributed by atoms with van der Waals surface area (Å²) < 4.78 is 0. The average molecular weight is 482 g/mol. The second kappa shape index (κ2) is 11.3. The molecule has 0 radical (unpaired) electrons. The molecule has 7 nitrogen and oxygen atoms in total. The van der Waals surface area contributed by atoms with Gasteiger partial charge in [-0.25, -0.2) is 0 Å². The fraction of sp³-hybridized carbons (Fsp3) is 0.462. The zero-order chi connectivity index (χ0) is 24.1. The number of fused-ring (bicyclic) bond motifs is 1. The fourth-order valence-electron chi connectivity index (χ4n) is 4.76. The van der Waals surface area contributed by atoms with Gasteiger partial charge in [0.05, 0.1) is 6.04 Å². The largest absolute Gasteiger partial charge is 0.374 e. The van der Waals surface area contributed by atoms with Crippen LogP contribution in [0.1, 0.15) is 23.6 Å². The summed E-state index contributed by atoms with van der Waals surface area (Å²) in [6, 6.07) is 14.2. The molecule has 34 heavy (non-hydrogen) atoms. The first kappa shape index (κ1) is 24.6. The topological polar surface area (TPSA) is 67.9 Å². The van der Waals surface area contributed by atoms with Crippen LogP contribution in [0.4, 0.5) is 11.4 Å². The maximum absolute atomic E-state index is 12.7. The van der Waals surface area contributed by atoms with Crippen molar-refractivity contribution in [2.75, 3.05) is 69.8 Å². The Bertz CT molecular complexity index is 1020. The van der Waals surface area contributed by atoms with Crippen molar-refractivity contribution in [2.45, 2.75) is 23.8 Å². The number of nitrogens with one attached hydrogen (secondary N) is 2. The van der Waals surface area contributed by atoms with Gasteiger partial charge < -0.3 is 20.4 Å². The number of hydrogen-bond donors (Lipinski definition) is 2. The van der Waals surface area contributed by atoms with E-state index in [1.165, 1.54) is 16.8 Å². The summed E-state index contributed by atoms with van der Waals surface area (Å²) in [5.74, 6) is -1.24. The lowest BCUT2D eigenvalue weighted by Gasteiger charge is -2.39. The molecule has 2 aromatic rings. The van der Waals surface area contributed by atoms with E-state index >= 15 is 0 Å². The van der Waals surface area contributed by atoms with E-state index in [0.717, 1.165) is 50.5 Å². The minimum atomic E-state index is -0.637. The number of benzene rings is 2. The average Bonchev–Trinajstić information content (AvgIpc) is 2.85. The van der Waals surface area contributed by atoms with Crippen molar-refractivity contribution < 1.29 is 9.59 Å². The highest BCUT2D eigenvalue weighted by molar-refractivity contribution is 7.98. The van der Waals surface area contributed by atoms with Crippen molar-refractivity contribution in [3.8, 4) is 0 Å². The molecule has 1 saturated heterocycles. The van der Waals surface area contributed by atoms with Gasteiger partial charge >= 0.3 is 11.8 Å². The minimum Gasteiger partial charge on any atom is -0.374 e. The Hall–Kier alpha value is -2.55. The van der Waals surface area contributed by atoms with Gasteiger partial charge in [-0.1, -0.05) is 18.2 Å². The molecule has 2 N–H and O–H groups in total. The molecule has 0 bridgehead atoms. The monoisotopic (exact) mass is 481 g/mol. The molecule has 1 atom stereocenters. The number of rotatable bonds is 6. The lowest BCUT2D eigenvalue weighted by molar-refractivity contribution is -0.136. The lowest BCUT2D eigenvalue weighted by Crippen LogP contribution is -2.49. The minimum absolute atomic E-state index is 0.0304. The zero-order valence-electron chi connectivity index (χ0n) is 20.3. The number of carbonyl (C=O) groups is 2. The molecule has 1 fully saturated rings. The number of amides is 2. The van der Waals surface area contributed by atoms with E-state index < -0.39 is 11.8 Å². The van der Waals surface area contributed by atoms with E-state index in [2.05, 4.69) is 57.6 Å². The van der Waals surface area contributed by atoms with E-state index in [-0.39, 0.29) is 6.04 Å². The molecule has 2 heterocycles. The molecule has 182 valence electrons. The Morgan fingerprint density at radius 3 is 2.56 bits per heavy atom. The van der Waals surface area contributed by atoms with E-state index in [0.29, 0.717) is 12.2 Å². The first-order chi connectivity index (χ1) is 16.4. The van der Waals surface area contributed by atoms with Crippen LogP contribution in [-0.2, 0) is 16.0 Å². The highest BCUT2D eigenvalue weighted by atomic mass is 32.2. The number of nitrogens with zero attached hydrogens (tertiary/aromatic N) is 3. The first-order valence-electron chi connectivity index (χ1n) is 11.9. The van der Waals surface area contributed by atoms with Gasteiger partial charge in [0.15, 0.2) is 0 Å². The third-order valence-electron chi connectivity index (χ3n) is 6.81. The van der Waals surface area contributed by atoms with Gasteiger partial charge in [0, 0.05) is 62.6 Å². The second-order valence-corrected chi connectivity index (χ2v) is 10.0. The number of piperazine rings is 1. The molecule has 2 aromatic carbocycles. The van der Waals surface area contributed by atoms with Crippen molar-refractivity contribution >= 4 is 35.0 Å². The van der Waals surface area contributed by atoms with Crippen LogP contribution in [0, 0.1) is 0 Å². The molecular weight excluding hydrogens is 446 g/mol. The van der Waals surface area contributed by atoms with Gasteiger partial charge in [-0.05, 0) is 61.5 Å². The number of likely N-dealkylation sites (N-methyl/N-ethyl adjacent to an activating group) is 1. The normalized spacial score (nSPS) is 17.7. The lowest BCUT2D eigenvalue weighted by atomic mass is 9.95. The molecular formula is C26H35N5O2S. The summed E-state index contributed by atoms with van der Waals surface area (Å²) in [5, 5.41) is 5.63. The van der Waals surface area contributed by atoms with Crippen LogP contribution >= 0.6 is 11.8 Å². The smallest absolute Gasteiger partial charge is 0.313 e. The second-order valence-electron chi connectivity index (χ2n) is 9.16. The molecule has 2 aliphatic rings. The van der Waals surface area contributed by atoms with Crippen LogP contribution in [0.3, 0.4) is 0 Å². The predicted octanol–water partition coefficient (Wildman–Crippen LogP) is 2.83. The third kappa shape index (κ3) is 5.92. The Labute approximate surface area is 206 Å². The molecule has 2 aliphatic heterocycles. The summed E-state index contributed by atoms with van der Waals surface area (Å²) >= 11 is 1.59. The standard InChI is InChI=1S/C26H35N5O2S/c1-29-12-14-31(15-13-29)24(20-9-10-23-19(16-20)6-5-11-30(23)2)18-27-25(32)26(33)28-21-7-4-8-22(17-21)34-3/h4,7-10,16-17,24H,5-6,11-15,18H2,1-3H3,(H,27,32)(H,28,33)/t24-/m1/s1. The van der Waals surface area contributed by atoms with Gasteiger partial charge in [0.25, 0.3) is 0 Å². The van der Waals surface area contributed by atoms with Crippen LogP contribution in [-0.4, -0.2) is 81.2 Å². The summed E-state index contributed by atoms with van der Waals surface area (Å²) in [4.78, 5) is 33.3. The van der Waals surface area contributed by atoms with Gasteiger partial charge in [-0.15, -0.1) is 11.8 Å². The van der Waals surface area contributed by atoms with Crippen LogP contribution in [0.2, 0.25) is 0 Å². The van der Waals surface area contributed by atoms with Crippen molar-refractivity contribution in [3.05, 3.63) is 53.6 Å². The Morgan fingerprint density at radius 1 is 1.00 bits per heavy atom. The highest BCUT2D eigenvalue weighted by Crippen LogP contribution is 2.31. The van der Waals surface area contributed by atoms with Crippen LogP contribution in [0.15, 0.2) is 47.4 Å². The summed E-state index contributed by atoms with van der Waals surface area (Å²) in [6.07, 6.45) is 4.21. The van der Waals surface area contributed by atoms with Crippen molar-refractivity contribution in [3.63, 3.8) is 0 Å². The molecule has 0 spiro atoms. The number of aryl methyl sites for hydroxylation is 1. The highest BCUT2D eigenvalue weighted by Gasteiger charge is 2.27. The molecule has 0 aliphatic carbocycles. The third-order valence-corrected chi connectivity index (χ3v) is 7.53. The number of carbonyl (C=O) groups excluding carboxylic acids is 2. The molecule has 4 rings (SSSR count). The van der Waals surface area contributed by atoms with Crippen molar-refractivity contribution in [1.82, 2.24) is 15.1 Å². The van der Waals surface area contributed by atoms with Crippen LogP contribution < -0.4 is 15.5 Å². The first-order valence-corrected chi connectivity index (χ1v) is 13.2. The summed E-state index contributed by atoms with van der Waals surface area (Å²) in [6.45, 7) is 5.33. The molecule has 0 aromatic heterocycles. The Kier molecular flexibility index (Phi) is 8.13. The van der Waals surface area contributed by atoms with Gasteiger partial charge in [-0.2, -0.15) is 0 Å². The van der Waals surface area contributed by atoms with E-state index in [1.54, 1.807) is 17.8 Å². The Morgan fingerprint density at radius 2 is 1.79 bits per heavy atom. The van der Waals surface area contributed by atoms with Gasteiger partial charge in [-0.3, -0.25) is 14.5 Å². The number of hydrogen-bond acceptors (Lipinski definition) is 6. The quantitative estimate of drug-likeness (QED) is 0.489. The van der Waals surface area contributed by atoms with E-state index in [4.69, 9.17) is 0 Å². The maximum Gasteiger partial charge on any atom is 0.313 e. The van der Waals surface area contributed by atoms with Crippen molar-refractivity contribution in [2.24, 2.45) is 0 Å². The SMILES string of the molecule is CSc1cccc(NC(=O)C(=O)NC[C@H](c2ccc3c(c2)CCCN3C)N2CCN(C)CC2)c1. The maximum atomic E-state index is 12.7. The van der Waals surface area contributed by atoms with Crippen LogP contribution in [0.5, 0.6) is 0 Å². The Balaban J connectivity index is 1.46. The molecule has 0 unspecified atom stereocenters. The van der Waals surface area contributed by atoms with Crippen molar-refractivity contribution in [1.29, 1.82) is 0 Å². The van der Waals surface area contributed by atoms with Gasteiger partial charge in [0.2, 0.25) is 0 Å². The summed E-state index contributed by atoms with van der Waals surface area (Å²) in [5.41, 5.74) is 4.49. The van der Waals surface area contributed by atoms with E-state index in [9.17, 15) is 9.59 Å². The number of thioether (sulfide) groups is 1. The summed E-state index contributed by atoms with van der Waals surface area (Å²) in [7, 11) is 4.28. The number of anilines is 2. The fourth-order valence-corrected chi connectivity index (χ4v) is 5.22. The zero-order valence-corrected chi connectivity index (χ0v) is 21.2. The molecule has 8 heteroatoms. The van der Waals surface area contributed by atoms with E-state index in [1.807, 2.05) is 24.5 Å². The molecule has 0 saturated carbocycles. The molecule has 2 amide bonds. The van der Waals surface area contributed by atoms with Gasteiger partial charge in [0.1, 0.15) is 0 Å². The predicted molar refractivity (Wildman–Crippen MR) is 140 cm³/mol. The van der Waals surface area contributed by atoms with Crippen LogP contribution in [0.25, 0.3) is 0 Å².